The number of carbonyl (C=O) groups excluding carboxylic acids is 1. The minimum atomic E-state index is 0.254. The van der Waals surface area contributed by atoms with Crippen LogP contribution in [0.3, 0.4) is 0 Å². The first-order chi connectivity index (χ1) is 8.72. The molecule has 1 aliphatic rings. The lowest BCUT2D eigenvalue weighted by atomic mass is 10.1. The van der Waals surface area contributed by atoms with Gasteiger partial charge in [-0.15, -0.1) is 0 Å². The molecule has 0 aromatic heterocycles. The van der Waals surface area contributed by atoms with Crippen LogP contribution in [-0.2, 0) is 11.2 Å². The summed E-state index contributed by atoms with van der Waals surface area (Å²) in [6.07, 6.45) is 2.63. The molecular weight excluding hydrogens is 224 g/mol. The summed E-state index contributed by atoms with van der Waals surface area (Å²) >= 11 is 0. The third-order valence-electron chi connectivity index (χ3n) is 3.43. The Bertz CT molecular complexity index is 417. The summed E-state index contributed by atoms with van der Waals surface area (Å²) in [5, 5.41) is 3.37. The Kier molecular flexibility index (Phi) is 4.37. The van der Waals surface area contributed by atoms with Gasteiger partial charge in [0.2, 0.25) is 5.91 Å². The van der Waals surface area contributed by atoms with E-state index >= 15 is 0 Å². The van der Waals surface area contributed by atoms with Crippen molar-refractivity contribution in [3.05, 3.63) is 29.8 Å². The van der Waals surface area contributed by atoms with Crippen LogP contribution in [0.15, 0.2) is 24.3 Å². The van der Waals surface area contributed by atoms with Gasteiger partial charge in [0.25, 0.3) is 0 Å². The molecule has 1 amide bonds. The zero-order valence-corrected chi connectivity index (χ0v) is 11.3. The van der Waals surface area contributed by atoms with Crippen LogP contribution in [0.1, 0.15) is 32.3 Å². The Balaban J connectivity index is 2.22. The third-order valence-corrected chi connectivity index (χ3v) is 3.43. The number of amides is 1. The van der Waals surface area contributed by atoms with Gasteiger partial charge in [0.05, 0.1) is 0 Å². The summed E-state index contributed by atoms with van der Waals surface area (Å²) in [5.74, 6) is 0.254. The normalized spacial score (nSPS) is 17.2. The number of aryl methyl sites for hydroxylation is 1. The van der Waals surface area contributed by atoms with Gasteiger partial charge in [0.15, 0.2) is 0 Å². The number of likely N-dealkylation sites (N-methyl/N-ethyl adjacent to an activating group) is 1. The molecule has 3 nitrogen and oxygen atoms in total. The number of anilines is 1. The van der Waals surface area contributed by atoms with Gasteiger partial charge in [0.1, 0.15) is 0 Å². The number of hydrogen-bond acceptors (Lipinski definition) is 2. The lowest BCUT2D eigenvalue weighted by Crippen LogP contribution is -2.42. The van der Waals surface area contributed by atoms with E-state index in [1.54, 1.807) is 0 Å². The Morgan fingerprint density at radius 1 is 1.33 bits per heavy atom. The summed E-state index contributed by atoms with van der Waals surface area (Å²) < 4.78 is 0. The highest BCUT2D eigenvalue weighted by Gasteiger charge is 2.22. The van der Waals surface area contributed by atoms with E-state index < -0.39 is 0 Å². The molecule has 1 aliphatic heterocycles. The Labute approximate surface area is 109 Å². The van der Waals surface area contributed by atoms with Crippen LogP contribution >= 0.6 is 0 Å². The van der Waals surface area contributed by atoms with Gasteiger partial charge >= 0.3 is 0 Å². The van der Waals surface area contributed by atoms with Crippen molar-refractivity contribution >= 4 is 11.6 Å². The standard InChI is InChI=1S/C15H22N2O/c1-3-16-12(2)11-17-14-9-5-4-7-13(14)8-6-10-15(17)18/h4-5,7,9,12,16H,3,6,8,10-11H2,1-2H3. The number of benzene rings is 1. The highest BCUT2D eigenvalue weighted by molar-refractivity contribution is 5.94. The number of fused-ring (bicyclic) bond motifs is 1. The van der Waals surface area contributed by atoms with Gasteiger partial charge < -0.3 is 10.2 Å². The molecule has 0 bridgehead atoms. The lowest BCUT2D eigenvalue weighted by Gasteiger charge is -2.26. The summed E-state index contributed by atoms with van der Waals surface area (Å²) in [6.45, 7) is 5.91. The van der Waals surface area contributed by atoms with Gasteiger partial charge in [-0.2, -0.15) is 0 Å². The van der Waals surface area contributed by atoms with Crippen molar-refractivity contribution in [2.45, 2.75) is 39.2 Å². The minimum absolute atomic E-state index is 0.254. The molecule has 0 saturated heterocycles. The summed E-state index contributed by atoms with van der Waals surface area (Å²) in [4.78, 5) is 14.2. The van der Waals surface area contributed by atoms with E-state index in [-0.39, 0.29) is 5.91 Å². The van der Waals surface area contributed by atoms with Crippen molar-refractivity contribution in [1.82, 2.24) is 5.32 Å². The molecule has 0 spiro atoms. The minimum Gasteiger partial charge on any atom is -0.313 e. The average molecular weight is 246 g/mol. The number of hydrogen-bond donors (Lipinski definition) is 1. The van der Waals surface area contributed by atoms with Gasteiger partial charge in [-0.1, -0.05) is 25.1 Å². The molecule has 18 heavy (non-hydrogen) atoms. The zero-order valence-electron chi connectivity index (χ0n) is 11.3. The summed E-state index contributed by atoms with van der Waals surface area (Å²) in [6, 6.07) is 8.60. The van der Waals surface area contributed by atoms with Crippen molar-refractivity contribution in [3.63, 3.8) is 0 Å². The van der Waals surface area contributed by atoms with Crippen LogP contribution in [0, 0.1) is 0 Å². The molecule has 0 saturated carbocycles. The van der Waals surface area contributed by atoms with E-state index in [9.17, 15) is 4.79 Å². The maximum absolute atomic E-state index is 12.2. The molecule has 1 aromatic rings. The van der Waals surface area contributed by atoms with Crippen LogP contribution in [0.25, 0.3) is 0 Å². The maximum Gasteiger partial charge on any atom is 0.227 e. The Hall–Kier alpha value is -1.35. The SMILES string of the molecule is CCNC(C)CN1C(=O)CCCc2ccccc21. The summed E-state index contributed by atoms with van der Waals surface area (Å²) in [5.41, 5.74) is 2.40. The van der Waals surface area contributed by atoms with Gasteiger partial charge in [-0.3, -0.25) is 4.79 Å². The van der Waals surface area contributed by atoms with Crippen molar-refractivity contribution in [3.8, 4) is 0 Å². The van der Waals surface area contributed by atoms with Crippen LogP contribution in [0.4, 0.5) is 5.69 Å². The molecule has 0 fully saturated rings. The smallest absolute Gasteiger partial charge is 0.227 e. The van der Waals surface area contributed by atoms with Crippen LogP contribution in [0.2, 0.25) is 0 Å². The number of nitrogens with zero attached hydrogens (tertiary/aromatic N) is 1. The topological polar surface area (TPSA) is 32.3 Å². The third kappa shape index (κ3) is 2.91. The summed E-state index contributed by atoms with van der Waals surface area (Å²) in [7, 11) is 0. The number of nitrogens with one attached hydrogen (secondary N) is 1. The largest absolute Gasteiger partial charge is 0.313 e. The van der Waals surface area contributed by atoms with E-state index in [0.29, 0.717) is 12.5 Å². The highest BCUT2D eigenvalue weighted by atomic mass is 16.2. The Morgan fingerprint density at radius 3 is 2.89 bits per heavy atom. The molecule has 1 atom stereocenters. The molecule has 2 rings (SSSR count). The molecule has 1 aromatic carbocycles. The van der Waals surface area contributed by atoms with Gasteiger partial charge in [0, 0.05) is 24.7 Å². The van der Waals surface area contributed by atoms with Crippen molar-refractivity contribution in [2.24, 2.45) is 0 Å². The first-order valence-electron chi connectivity index (χ1n) is 6.84. The highest BCUT2D eigenvalue weighted by Crippen LogP contribution is 2.26. The second-order valence-electron chi connectivity index (χ2n) is 4.95. The van der Waals surface area contributed by atoms with Gasteiger partial charge in [-0.25, -0.2) is 0 Å². The van der Waals surface area contributed by atoms with Crippen molar-refractivity contribution in [2.75, 3.05) is 18.0 Å². The van der Waals surface area contributed by atoms with E-state index in [4.69, 9.17) is 0 Å². The molecule has 3 heteroatoms. The van der Waals surface area contributed by atoms with E-state index in [1.165, 1.54) is 5.56 Å². The molecule has 1 unspecified atom stereocenters. The molecule has 98 valence electrons. The zero-order chi connectivity index (χ0) is 13.0. The average Bonchev–Trinajstić information content (AvgIpc) is 2.51. The van der Waals surface area contributed by atoms with E-state index in [0.717, 1.165) is 31.6 Å². The molecule has 1 heterocycles. The molecule has 0 radical (unpaired) electrons. The first-order valence-corrected chi connectivity index (χ1v) is 6.84. The first kappa shape index (κ1) is 13.1. The molecule has 1 N–H and O–H groups in total. The fourth-order valence-electron chi connectivity index (χ4n) is 2.57. The van der Waals surface area contributed by atoms with Crippen molar-refractivity contribution < 1.29 is 4.79 Å². The van der Waals surface area contributed by atoms with Gasteiger partial charge in [-0.05, 0) is 37.9 Å². The van der Waals surface area contributed by atoms with Crippen LogP contribution < -0.4 is 10.2 Å². The number of carbonyl (C=O) groups is 1. The molecule has 0 aliphatic carbocycles. The second-order valence-corrected chi connectivity index (χ2v) is 4.95. The number of rotatable bonds is 4. The maximum atomic E-state index is 12.2. The Morgan fingerprint density at radius 2 is 2.11 bits per heavy atom. The van der Waals surface area contributed by atoms with E-state index in [1.807, 2.05) is 11.0 Å². The predicted molar refractivity (Wildman–Crippen MR) is 74.9 cm³/mol. The van der Waals surface area contributed by atoms with Crippen LogP contribution in [0.5, 0.6) is 0 Å². The quantitative estimate of drug-likeness (QED) is 0.884. The van der Waals surface area contributed by atoms with E-state index in [2.05, 4.69) is 37.4 Å². The molecular formula is C15H22N2O. The lowest BCUT2D eigenvalue weighted by molar-refractivity contribution is -0.118. The van der Waals surface area contributed by atoms with Crippen molar-refractivity contribution in [1.29, 1.82) is 0 Å². The second kappa shape index (κ2) is 6.01. The number of para-hydroxylation sites is 1. The van der Waals surface area contributed by atoms with Crippen LogP contribution in [-0.4, -0.2) is 25.0 Å². The fourth-order valence-corrected chi connectivity index (χ4v) is 2.57. The predicted octanol–water partition coefficient (Wildman–Crippen LogP) is 2.35. The fraction of sp³-hybridized carbons (Fsp3) is 0.533. The monoisotopic (exact) mass is 246 g/mol.